The second-order valence-corrected chi connectivity index (χ2v) is 7.17. The summed E-state index contributed by atoms with van der Waals surface area (Å²) in [6.07, 6.45) is 0. The van der Waals surface area contributed by atoms with Crippen LogP contribution >= 0.6 is 11.6 Å². The largest absolute Gasteiger partial charge is 0.497 e. The van der Waals surface area contributed by atoms with Crippen molar-refractivity contribution in [3.63, 3.8) is 0 Å². The molecular formula is C20H17ClFN5O4. The molecule has 0 radical (unpaired) electrons. The fourth-order valence-electron chi connectivity index (χ4n) is 3.23. The minimum atomic E-state index is -0.701. The average Bonchev–Trinajstić information content (AvgIpc) is 3.23. The fraction of sp³-hybridized carbons (Fsp3) is 0.200. The maximum Gasteiger partial charge on any atom is 0.365 e. The SMILES string of the molecule is COc1ccc(N2Cc3nc(=O)n(CC(=O)NCc4ccc(F)cc4Cl)n3C2=O)cc1. The number of carbonyl (C=O) groups excluding carboxylic acids is 2. The lowest BCUT2D eigenvalue weighted by molar-refractivity contribution is -0.122. The van der Waals surface area contributed by atoms with Gasteiger partial charge in [-0.25, -0.2) is 18.7 Å². The second kappa shape index (κ2) is 8.23. The lowest BCUT2D eigenvalue weighted by Gasteiger charge is -2.16. The quantitative estimate of drug-likeness (QED) is 0.627. The standard InChI is InChI=1S/C20H17ClFN5O4/c1-31-15-6-4-14(5-7-15)25-10-17-24-19(29)26(27(17)20(25)30)11-18(28)23-9-12-2-3-13(22)8-16(12)21/h2-8H,9-11H2,1H3,(H,23,28). The Kier molecular flexibility index (Phi) is 5.47. The van der Waals surface area contributed by atoms with Crippen molar-refractivity contribution in [2.24, 2.45) is 0 Å². The molecule has 0 fully saturated rings. The van der Waals surface area contributed by atoms with Crippen LogP contribution in [0.3, 0.4) is 0 Å². The number of carbonyl (C=O) groups is 2. The molecule has 1 aliphatic rings. The number of ether oxygens (including phenoxy) is 1. The number of rotatable bonds is 6. The van der Waals surface area contributed by atoms with Crippen LogP contribution in [0.15, 0.2) is 47.3 Å². The van der Waals surface area contributed by atoms with E-state index in [0.717, 1.165) is 15.4 Å². The minimum absolute atomic E-state index is 0.0413. The first-order valence-electron chi connectivity index (χ1n) is 9.22. The zero-order chi connectivity index (χ0) is 22.1. The van der Waals surface area contributed by atoms with E-state index >= 15 is 0 Å². The van der Waals surface area contributed by atoms with Crippen molar-refractivity contribution in [1.29, 1.82) is 0 Å². The van der Waals surface area contributed by atoms with Crippen LogP contribution < -0.4 is 20.6 Å². The highest BCUT2D eigenvalue weighted by molar-refractivity contribution is 6.31. The number of amides is 2. The van der Waals surface area contributed by atoms with Crippen molar-refractivity contribution in [3.05, 3.63) is 75.2 Å². The number of nitrogens with zero attached hydrogens (tertiary/aromatic N) is 4. The predicted molar refractivity (Wildman–Crippen MR) is 110 cm³/mol. The van der Waals surface area contributed by atoms with Gasteiger partial charge >= 0.3 is 11.7 Å². The van der Waals surface area contributed by atoms with E-state index in [1.54, 1.807) is 31.4 Å². The van der Waals surface area contributed by atoms with E-state index in [0.29, 0.717) is 17.0 Å². The zero-order valence-electron chi connectivity index (χ0n) is 16.3. The van der Waals surface area contributed by atoms with Gasteiger partial charge in [0.05, 0.1) is 13.7 Å². The monoisotopic (exact) mass is 445 g/mol. The molecule has 0 saturated heterocycles. The van der Waals surface area contributed by atoms with Gasteiger partial charge in [-0.05, 0) is 42.0 Å². The van der Waals surface area contributed by atoms with Gasteiger partial charge in [0, 0.05) is 17.3 Å². The molecule has 0 saturated carbocycles. The van der Waals surface area contributed by atoms with Crippen LogP contribution in [0.2, 0.25) is 5.02 Å². The molecule has 2 aromatic carbocycles. The van der Waals surface area contributed by atoms with Gasteiger partial charge in [-0.1, -0.05) is 17.7 Å². The molecule has 31 heavy (non-hydrogen) atoms. The topological polar surface area (TPSA) is 98.5 Å². The van der Waals surface area contributed by atoms with Gasteiger partial charge in [-0.15, -0.1) is 0 Å². The van der Waals surface area contributed by atoms with Crippen LogP contribution in [-0.4, -0.2) is 33.4 Å². The van der Waals surface area contributed by atoms with Gasteiger partial charge in [0.25, 0.3) is 0 Å². The van der Waals surface area contributed by atoms with Gasteiger partial charge in [-0.3, -0.25) is 9.69 Å². The van der Waals surface area contributed by atoms with E-state index in [9.17, 15) is 18.8 Å². The van der Waals surface area contributed by atoms with Gasteiger partial charge in [0.2, 0.25) is 5.91 Å². The molecule has 0 aliphatic carbocycles. The van der Waals surface area contributed by atoms with Gasteiger partial charge < -0.3 is 10.1 Å². The third-order valence-electron chi connectivity index (χ3n) is 4.81. The zero-order valence-corrected chi connectivity index (χ0v) is 17.1. The maximum atomic E-state index is 13.1. The van der Waals surface area contributed by atoms with Crippen LogP contribution in [-0.2, 0) is 24.4 Å². The molecule has 160 valence electrons. The molecule has 0 bridgehead atoms. The smallest absolute Gasteiger partial charge is 0.365 e. The molecule has 2 amide bonds. The summed E-state index contributed by atoms with van der Waals surface area (Å²) < 4.78 is 20.3. The van der Waals surface area contributed by atoms with Crippen LogP contribution in [0.25, 0.3) is 0 Å². The van der Waals surface area contributed by atoms with E-state index in [1.807, 2.05) is 0 Å². The highest BCUT2D eigenvalue weighted by Gasteiger charge is 2.33. The van der Waals surface area contributed by atoms with E-state index < -0.39 is 30.0 Å². The van der Waals surface area contributed by atoms with E-state index in [2.05, 4.69) is 10.3 Å². The molecule has 0 spiro atoms. The number of aromatic nitrogens is 3. The van der Waals surface area contributed by atoms with Crippen molar-refractivity contribution in [2.75, 3.05) is 12.0 Å². The number of hydrogen-bond donors (Lipinski definition) is 1. The molecule has 1 aliphatic heterocycles. The first-order chi connectivity index (χ1) is 14.9. The molecular weight excluding hydrogens is 429 g/mol. The molecule has 0 atom stereocenters. The summed E-state index contributed by atoms with van der Waals surface area (Å²) in [5.41, 5.74) is 0.419. The lowest BCUT2D eigenvalue weighted by atomic mass is 10.2. The van der Waals surface area contributed by atoms with Crippen LogP contribution in [0, 0.1) is 5.82 Å². The summed E-state index contributed by atoms with van der Waals surface area (Å²) in [6, 6.07) is 10.2. The predicted octanol–water partition coefficient (Wildman–Crippen LogP) is 2.15. The Morgan fingerprint density at radius 1 is 1.23 bits per heavy atom. The number of halogens is 2. The van der Waals surface area contributed by atoms with Crippen molar-refractivity contribution in [3.8, 4) is 5.75 Å². The molecule has 0 unspecified atom stereocenters. The fourth-order valence-corrected chi connectivity index (χ4v) is 3.47. The van der Waals surface area contributed by atoms with Crippen molar-refractivity contribution in [2.45, 2.75) is 19.6 Å². The van der Waals surface area contributed by atoms with E-state index in [1.165, 1.54) is 17.0 Å². The van der Waals surface area contributed by atoms with Crippen molar-refractivity contribution in [1.82, 2.24) is 19.7 Å². The summed E-state index contributed by atoms with van der Waals surface area (Å²) in [4.78, 5) is 42.8. The van der Waals surface area contributed by atoms with E-state index in [-0.39, 0.29) is 23.9 Å². The normalized spacial score (nSPS) is 12.7. The summed E-state index contributed by atoms with van der Waals surface area (Å²) in [6.45, 7) is -0.271. The maximum absolute atomic E-state index is 13.1. The first-order valence-corrected chi connectivity index (χ1v) is 9.60. The molecule has 11 heteroatoms. The Labute approximate surface area is 180 Å². The van der Waals surface area contributed by atoms with Crippen LogP contribution in [0.4, 0.5) is 14.9 Å². The van der Waals surface area contributed by atoms with Crippen LogP contribution in [0.1, 0.15) is 11.4 Å². The summed E-state index contributed by atoms with van der Waals surface area (Å²) in [5, 5.41) is 2.77. The Bertz CT molecular complexity index is 1220. The molecule has 2 heterocycles. The van der Waals surface area contributed by atoms with Crippen molar-refractivity contribution < 1.29 is 18.7 Å². The Morgan fingerprint density at radius 3 is 2.65 bits per heavy atom. The second-order valence-electron chi connectivity index (χ2n) is 6.76. The Morgan fingerprint density at radius 2 is 1.97 bits per heavy atom. The number of nitrogens with one attached hydrogen (secondary N) is 1. The lowest BCUT2D eigenvalue weighted by Crippen LogP contribution is -2.38. The molecule has 1 aromatic heterocycles. The molecule has 1 N–H and O–H groups in total. The Hall–Kier alpha value is -3.66. The average molecular weight is 446 g/mol. The minimum Gasteiger partial charge on any atom is -0.497 e. The number of anilines is 1. The first kappa shape index (κ1) is 20.6. The van der Waals surface area contributed by atoms with Crippen molar-refractivity contribution >= 4 is 29.2 Å². The number of fused-ring (bicyclic) bond motifs is 1. The summed E-state index contributed by atoms with van der Waals surface area (Å²) in [7, 11) is 1.54. The van der Waals surface area contributed by atoms with Gasteiger partial charge in [-0.2, -0.15) is 9.67 Å². The molecule has 9 nitrogen and oxygen atoms in total. The summed E-state index contributed by atoms with van der Waals surface area (Å²) in [5.74, 6) is -0.134. The number of methoxy groups -OCH3 is 1. The van der Waals surface area contributed by atoms with Crippen LogP contribution in [0.5, 0.6) is 5.75 Å². The van der Waals surface area contributed by atoms with Gasteiger partial charge in [0.1, 0.15) is 18.1 Å². The van der Waals surface area contributed by atoms with Gasteiger partial charge in [0.15, 0.2) is 5.82 Å². The Balaban J connectivity index is 1.48. The number of benzene rings is 2. The van der Waals surface area contributed by atoms with E-state index in [4.69, 9.17) is 16.3 Å². The highest BCUT2D eigenvalue weighted by atomic mass is 35.5. The highest BCUT2D eigenvalue weighted by Crippen LogP contribution is 2.25. The summed E-state index contributed by atoms with van der Waals surface area (Å²) >= 11 is 5.95. The third kappa shape index (κ3) is 4.02. The third-order valence-corrected chi connectivity index (χ3v) is 5.16. The molecule has 3 aromatic rings. The number of hydrogen-bond acceptors (Lipinski definition) is 5. The molecule has 4 rings (SSSR count).